The number of carbonyl (C=O) groups is 3. The van der Waals surface area contributed by atoms with E-state index in [9.17, 15) is 14.4 Å². The van der Waals surface area contributed by atoms with E-state index in [-0.39, 0.29) is 23.7 Å². The van der Waals surface area contributed by atoms with Crippen LogP contribution >= 0.6 is 11.8 Å². The van der Waals surface area contributed by atoms with Crippen LogP contribution < -0.4 is 10.6 Å². The molecule has 2 amide bonds. The average molecular weight is 794 g/mol. The van der Waals surface area contributed by atoms with Gasteiger partial charge in [0, 0.05) is 24.8 Å². The third-order valence-electron chi connectivity index (χ3n) is 10.9. The third kappa shape index (κ3) is 35.4. The molecule has 0 bridgehead atoms. The van der Waals surface area contributed by atoms with Crippen molar-refractivity contribution >= 4 is 29.5 Å². The Morgan fingerprint density at radius 3 is 1.62 bits per heavy atom. The lowest BCUT2D eigenvalue weighted by atomic mass is 9.93. The predicted molar refractivity (Wildman–Crippen MR) is 240 cm³/mol. The lowest BCUT2D eigenvalue weighted by Crippen LogP contribution is -2.50. The summed E-state index contributed by atoms with van der Waals surface area (Å²) in [6.07, 6.45) is 37.0. The Kier molecular flexibility index (Phi) is 40.9. The van der Waals surface area contributed by atoms with Crippen molar-refractivity contribution in [3.8, 4) is 0 Å². The van der Waals surface area contributed by atoms with E-state index in [0.717, 1.165) is 64.6 Å². The van der Waals surface area contributed by atoms with Gasteiger partial charge in [-0.1, -0.05) is 169 Å². The molecule has 7 nitrogen and oxygen atoms in total. The Bertz CT molecular complexity index is 897. The van der Waals surface area contributed by atoms with E-state index in [1.165, 1.54) is 122 Å². The van der Waals surface area contributed by atoms with Gasteiger partial charge in [0.15, 0.2) is 0 Å². The molecule has 2 atom stereocenters. The molecule has 0 rings (SSSR count). The zero-order valence-corrected chi connectivity index (χ0v) is 37.9. The van der Waals surface area contributed by atoms with Crippen molar-refractivity contribution in [2.24, 2.45) is 5.92 Å². The molecule has 0 saturated carbocycles. The second-order valence-corrected chi connectivity index (χ2v) is 17.0. The van der Waals surface area contributed by atoms with Crippen LogP contribution in [0.5, 0.6) is 0 Å². The first kappa shape index (κ1) is 53.5. The van der Waals surface area contributed by atoms with Crippen molar-refractivity contribution in [3.63, 3.8) is 0 Å². The van der Waals surface area contributed by atoms with Crippen LogP contribution in [0.3, 0.4) is 0 Å². The van der Waals surface area contributed by atoms with Gasteiger partial charge in [-0.15, -0.1) is 0 Å². The van der Waals surface area contributed by atoms with Crippen LogP contribution in [0.2, 0.25) is 0 Å². The van der Waals surface area contributed by atoms with E-state index in [1.807, 2.05) is 0 Å². The molecule has 0 aliphatic carbocycles. The van der Waals surface area contributed by atoms with Crippen LogP contribution in [0.15, 0.2) is 12.2 Å². The summed E-state index contributed by atoms with van der Waals surface area (Å²) in [5.41, 5.74) is 0. The first-order valence-corrected chi connectivity index (χ1v) is 24.8. The molecule has 0 heterocycles. The summed E-state index contributed by atoms with van der Waals surface area (Å²) in [7, 11) is 0. The SMILES string of the molecule is CCCCCCCCC=CCCCCCCCCOC(=O)CCSCCC(NC(=O)C(CCCCCC)CCCCCCCC)C(=O)NCCN(CC)CC. The molecule has 0 aromatic heterocycles. The van der Waals surface area contributed by atoms with Gasteiger partial charge in [0.25, 0.3) is 0 Å². The van der Waals surface area contributed by atoms with E-state index in [4.69, 9.17) is 4.74 Å². The Hall–Kier alpha value is -1.54. The monoisotopic (exact) mass is 794 g/mol. The number of allylic oxidation sites excluding steroid dienone is 2. The van der Waals surface area contributed by atoms with Gasteiger partial charge in [-0.05, 0) is 70.2 Å². The highest BCUT2D eigenvalue weighted by atomic mass is 32.2. The zero-order chi connectivity index (χ0) is 40.5. The van der Waals surface area contributed by atoms with Crippen molar-refractivity contribution in [3.05, 3.63) is 12.2 Å². The van der Waals surface area contributed by atoms with Gasteiger partial charge in [-0.2, -0.15) is 11.8 Å². The van der Waals surface area contributed by atoms with Gasteiger partial charge < -0.3 is 20.3 Å². The molecule has 2 N–H and O–H groups in total. The first-order valence-electron chi connectivity index (χ1n) is 23.6. The van der Waals surface area contributed by atoms with Gasteiger partial charge >= 0.3 is 5.97 Å². The number of rotatable bonds is 42. The standard InChI is InChI=1S/C47H91N3O4S/c1-6-11-14-17-19-20-21-22-23-24-25-26-27-28-30-33-40-54-45(51)37-42-55-41-36-44(47(53)48-38-39-50(9-4)10-5)49-46(52)43(34-31-16-13-8-3)35-32-29-18-15-12-7-2/h22-23,43-44H,6-21,24-42H2,1-5H3,(H,48,53)(H,49,52). The molecule has 0 aromatic carbocycles. The van der Waals surface area contributed by atoms with E-state index in [0.29, 0.717) is 37.5 Å². The average Bonchev–Trinajstić information content (AvgIpc) is 3.19. The number of amides is 2. The van der Waals surface area contributed by atoms with Gasteiger partial charge in [0.1, 0.15) is 6.04 Å². The van der Waals surface area contributed by atoms with Crippen LogP contribution in [0.1, 0.15) is 214 Å². The predicted octanol–water partition coefficient (Wildman–Crippen LogP) is 12.4. The lowest BCUT2D eigenvalue weighted by molar-refractivity contribution is -0.143. The molecule has 0 aromatic rings. The van der Waals surface area contributed by atoms with Gasteiger partial charge in [0.2, 0.25) is 11.8 Å². The molecule has 0 aliphatic heterocycles. The summed E-state index contributed by atoms with van der Waals surface area (Å²) < 4.78 is 5.51. The van der Waals surface area contributed by atoms with Crippen LogP contribution in [-0.2, 0) is 19.1 Å². The second kappa shape index (κ2) is 42.1. The third-order valence-corrected chi connectivity index (χ3v) is 11.9. The minimum atomic E-state index is -0.558. The van der Waals surface area contributed by atoms with Crippen molar-refractivity contribution in [2.75, 3.05) is 44.3 Å². The molecule has 324 valence electrons. The Morgan fingerprint density at radius 2 is 1.07 bits per heavy atom. The fourth-order valence-corrected chi connectivity index (χ4v) is 7.94. The highest BCUT2D eigenvalue weighted by molar-refractivity contribution is 7.99. The number of likely N-dealkylation sites (N-methyl/N-ethyl adjacent to an activating group) is 1. The van der Waals surface area contributed by atoms with E-state index >= 15 is 0 Å². The van der Waals surface area contributed by atoms with Crippen LogP contribution in [0.25, 0.3) is 0 Å². The molecule has 0 aliphatic rings. The van der Waals surface area contributed by atoms with Crippen LogP contribution in [-0.4, -0.2) is 73.0 Å². The Labute approximate surface area is 345 Å². The van der Waals surface area contributed by atoms with Gasteiger partial charge in [0.05, 0.1) is 13.0 Å². The number of thioether (sulfide) groups is 1. The summed E-state index contributed by atoms with van der Waals surface area (Å²) in [4.78, 5) is 41.7. The fraction of sp³-hybridized carbons (Fsp3) is 0.894. The van der Waals surface area contributed by atoms with Crippen LogP contribution in [0, 0.1) is 5.92 Å². The fourth-order valence-electron chi connectivity index (χ4n) is 7.02. The number of unbranched alkanes of at least 4 members (excludes halogenated alkanes) is 20. The van der Waals surface area contributed by atoms with Crippen LogP contribution in [0.4, 0.5) is 0 Å². The summed E-state index contributed by atoms with van der Waals surface area (Å²) in [6.45, 7) is 14.7. The molecular formula is C47H91N3O4S. The maximum Gasteiger partial charge on any atom is 0.306 e. The lowest BCUT2D eigenvalue weighted by Gasteiger charge is -2.24. The quantitative estimate of drug-likeness (QED) is 0.0364. The summed E-state index contributed by atoms with van der Waals surface area (Å²) >= 11 is 1.66. The summed E-state index contributed by atoms with van der Waals surface area (Å²) in [6, 6.07) is -0.558. The van der Waals surface area contributed by atoms with Gasteiger partial charge in [-0.25, -0.2) is 0 Å². The molecular weight excluding hydrogens is 703 g/mol. The highest BCUT2D eigenvalue weighted by Crippen LogP contribution is 2.20. The number of nitrogens with one attached hydrogen (secondary N) is 2. The van der Waals surface area contributed by atoms with Crippen molar-refractivity contribution in [1.29, 1.82) is 0 Å². The van der Waals surface area contributed by atoms with E-state index in [1.54, 1.807) is 11.8 Å². The maximum absolute atomic E-state index is 13.7. The largest absolute Gasteiger partial charge is 0.466 e. The molecule has 55 heavy (non-hydrogen) atoms. The maximum atomic E-state index is 13.7. The molecule has 0 fully saturated rings. The smallest absolute Gasteiger partial charge is 0.306 e. The Morgan fingerprint density at radius 1 is 0.582 bits per heavy atom. The number of hydrogen-bond acceptors (Lipinski definition) is 6. The zero-order valence-electron chi connectivity index (χ0n) is 37.0. The molecule has 0 radical (unpaired) electrons. The molecule has 8 heteroatoms. The van der Waals surface area contributed by atoms with Gasteiger partial charge in [-0.3, -0.25) is 14.4 Å². The number of ether oxygens (including phenoxy) is 1. The first-order chi connectivity index (χ1) is 26.9. The highest BCUT2D eigenvalue weighted by Gasteiger charge is 2.25. The number of carbonyl (C=O) groups excluding carboxylic acids is 3. The van der Waals surface area contributed by atoms with E-state index < -0.39 is 6.04 Å². The number of hydrogen-bond donors (Lipinski definition) is 2. The molecule has 2 unspecified atom stereocenters. The minimum absolute atomic E-state index is 0.0359. The summed E-state index contributed by atoms with van der Waals surface area (Å²) in [5.74, 6) is 1.13. The Balaban J connectivity index is 4.53. The topological polar surface area (TPSA) is 87.7 Å². The molecule has 0 spiro atoms. The van der Waals surface area contributed by atoms with Crippen molar-refractivity contribution in [1.82, 2.24) is 15.5 Å². The summed E-state index contributed by atoms with van der Waals surface area (Å²) in [5, 5.41) is 6.29. The van der Waals surface area contributed by atoms with Crippen molar-refractivity contribution in [2.45, 2.75) is 220 Å². The number of esters is 1. The normalized spacial score (nSPS) is 12.7. The molecule has 0 saturated heterocycles. The second-order valence-electron chi connectivity index (χ2n) is 15.8. The number of nitrogens with zero attached hydrogens (tertiary/aromatic N) is 1. The minimum Gasteiger partial charge on any atom is -0.466 e. The van der Waals surface area contributed by atoms with Crippen molar-refractivity contribution < 1.29 is 19.1 Å². The van der Waals surface area contributed by atoms with E-state index in [2.05, 4.69) is 62.3 Å².